The molecule has 1 aliphatic heterocycles. The molecule has 1 heterocycles. The third-order valence-corrected chi connectivity index (χ3v) is 5.58. The first-order chi connectivity index (χ1) is 9.83. The molecule has 0 amide bonds. The van der Waals surface area contributed by atoms with Gasteiger partial charge in [0, 0.05) is 18.1 Å². The highest BCUT2D eigenvalue weighted by atomic mass is 15.1. The summed E-state index contributed by atoms with van der Waals surface area (Å²) in [5, 5.41) is 3.79. The third kappa shape index (κ3) is 5.90. The smallest absolute Gasteiger partial charge is 0.00990 e. The van der Waals surface area contributed by atoms with Gasteiger partial charge in [0.2, 0.25) is 0 Å². The van der Waals surface area contributed by atoms with Crippen LogP contribution >= 0.6 is 0 Å². The Hall–Kier alpha value is -0.0800. The second-order valence-electron chi connectivity index (χ2n) is 8.99. The minimum Gasteiger partial charge on any atom is -0.309 e. The third-order valence-electron chi connectivity index (χ3n) is 5.58. The molecule has 1 aliphatic carbocycles. The molecule has 0 atom stereocenters. The standard InChI is InChI=1S/C19H38N2/c1-15(2)17-10-12-21(13-11-17)14-16-6-8-18(9-7-16)20-19(3,4)5/h15-18,20H,6-14H2,1-5H3. The van der Waals surface area contributed by atoms with Crippen LogP contribution in [0.4, 0.5) is 0 Å². The van der Waals surface area contributed by atoms with Crippen LogP contribution in [0.1, 0.15) is 73.1 Å². The second kappa shape index (κ2) is 7.46. The van der Waals surface area contributed by atoms with Gasteiger partial charge in [-0.3, -0.25) is 0 Å². The maximum atomic E-state index is 3.79. The number of hydrogen-bond acceptors (Lipinski definition) is 2. The predicted molar refractivity (Wildman–Crippen MR) is 92.6 cm³/mol. The lowest BCUT2D eigenvalue weighted by molar-refractivity contribution is 0.122. The summed E-state index contributed by atoms with van der Waals surface area (Å²) in [6, 6.07) is 0.757. The maximum absolute atomic E-state index is 3.79. The molecule has 0 aromatic carbocycles. The van der Waals surface area contributed by atoms with Crippen molar-refractivity contribution in [3.8, 4) is 0 Å². The molecule has 0 radical (unpaired) electrons. The maximum Gasteiger partial charge on any atom is 0.00990 e. The average Bonchev–Trinajstić information content (AvgIpc) is 2.40. The first-order valence-electron chi connectivity index (χ1n) is 9.33. The summed E-state index contributed by atoms with van der Waals surface area (Å²) < 4.78 is 0. The van der Waals surface area contributed by atoms with Gasteiger partial charge in [-0.1, -0.05) is 13.8 Å². The van der Waals surface area contributed by atoms with Crippen molar-refractivity contribution >= 4 is 0 Å². The Morgan fingerprint density at radius 1 is 0.952 bits per heavy atom. The number of rotatable bonds is 4. The molecule has 2 aliphatic rings. The van der Waals surface area contributed by atoms with Crippen LogP contribution in [0.2, 0.25) is 0 Å². The molecular formula is C19H38N2. The molecule has 2 heteroatoms. The second-order valence-corrected chi connectivity index (χ2v) is 8.99. The van der Waals surface area contributed by atoms with Crippen LogP contribution in [0.15, 0.2) is 0 Å². The Balaban J connectivity index is 1.65. The summed E-state index contributed by atoms with van der Waals surface area (Å²) in [6.07, 6.45) is 8.47. The van der Waals surface area contributed by atoms with E-state index in [1.165, 1.54) is 58.2 Å². The van der Waals surface area contributed by atoms with E-state index in [0.29, 0.717) is 0 Å². The molecule has 2 fully saturated rings. The van der Waals surface area contributed by atoms with Crippen LogP contribution in [0, 0.1) is 17.8 Å². The lowest BCUT2D eigenvalue weighted by Gasteiger charge is -2.39. The van der Waals surface area contributed by atoms with E-state index in [9.17, 15) is 0 Å². The monoisotopic (exact) mass is 294 g/mol. The molecule has 0 aromatic rings. The fourth-order valence-corrected chi connectivity index (χ4v) is 4.27. The Kier molecular flexibility index (Phi) is 6.14. The van der Waals surface area contributed by atoms with Gasteiger partial charge in [-0.2, -0.15) is 0 Å². The molecule has 124 valence electrons. The summed E-state index contributed by atoms with van der Waals surface area (Å²) in [5.74, 6) is 2.82. The molecule has 2 nitrogen and oxygen atoms in total. The van der Waals surface area contributed by atoms with Gasteiger partial charge in [0.1, 0.15) is 0 Å². The van der Waals surface area contributed by atoms with Crippen LogP contribution in [0.5, 0.6) is 0 Å². The van der Waals surface area contributed by atoms with Crippen molar-refractivity contribution in [2.75, 3.05) is 19.6 Å². The van der Waals surface area contributed by atoms with Gasteiger partial charge in [-0.25, -0.2) is 0 Å². The Morgan fingerprint density at radius 3 is 2.00 bits per heavy atom. The Labute approximate surface area is 133 Å². The highest BCUT2D eigenvalue weighted by Gasteiger charge is 2.27. The predicted octanol–water partition coefficient (Wildman–Crippen LogP) is 4.30. The lowest BCUT2D eigenvalue weighted by atomic mass is 9.83. The van der Waals surface area contributed by atoms with Gasteiger partial charge >= 0.3 is 0 Å². The van der Waals surface area contributed by atoms with Crippen LogP contribution in [-0.2, 0) is 0 Å². The van der Waals surface area contributed by atoms with Gasteiger partial charge in [-0.15, -0.1) is 0 Å². The zero-order chi connectivity index (χ0) is 15.5. The van der Waals surface area contributed by atoms with Crippen LogP contribution < -0.4 is 5.32 Å². The average molecular weight is 295 g/mol. The van der Waals surface area contributed by atoms with E-state index >= 15 is 0 Å². The molecule has 1 N–H and O–H groups in total. The van der Waals surface area contributed by atoms with Crippen LogP contribution in [-0.4, -0.2) is 36.1 Å². The fourth-order valence-electron chi connectivity index (χ4n) is 4.27. The summed E-state index contributed by atoms with van der Waals surface area (Å²) in [7, 11) is 0. The first kappa shape index (κ1) is 17.3. The van der Waals surface area contributed by atoms with Crippen LogP contribution in [0.3, 0.4) is 0 Å². The minimum atomic E-state index is 0.274. The topological polar surface area (TPSA) is 15.3 Å². The minimum absolute atomic E-state index is 0.274. The number of nitrogens with one attached hydrogen (secondary N) is 1. The van der Waals surface area contributed by atoms with E-state index in [-0.39, 0.29) is 5.54 Å². The molecule has 1 saturated heterocycles. The summed E-state index contributed by atoms with van der Waals surface area (Å²) in [5.41, 5.74) is 0.274. The van der Waals surface area contributed by atoms with Gasteiger partial charge in [-0.05, 0) is 90.1 Å². The molecule has 21 heavy (non-hydrogen) atoms. The van der Waals surface area contributed by atoms with Crippen molar-refractivity contribution in [3.05, 3.63) is 0 Å². The summed E-state index contributed by atoms with van der Waals surface area (Å²) >= 11 is 0. The number of piperidine rings is 1. The van der Waals surface area contributed by atoms with Crippen molar-refractivity contribution in [2.45, 2.75) is 84.7 Å². The van der Waals surface area contributed by atoms with Crippen molar-refractivity contribution in [1.29, 1.82) is 0 Å². The van der Waals surface area contributed by atoms with Gasteiger partial charge < -0.3 is 10.2 Å². The zero-order valence-corrected chi connectivity index (χ0v) is 15.1. The summed E-state index contributed by atoms with van der Waals surface area (Å²) in [4.78, 5) is 2.75. The van der Waals surface area contributed by atoms with Crippen molar-refractivity contribution in [1.82, 2.24) is 10.2 Å². The van der Waals surface area contributed by atoms with E-state index in [4.69, 9.17) is 0 Å². The molecule has 1 saturated carbocycles. The molecule has 0 bridgehead atoms. The van der Waals surface area contributed by atoms with E-state index in [0.717, 1.165) is 23.8 Å². The Bertz CT molecular complexity index is 289. The normalized spacial score (nSPS) is 30.0. The summed E-state index contributed by atoms with van der Waals surface area (Å²) in [6.45, 7) is 15.7. The van der Waals surface area contributed by atoms with Crippen molar-refractivity contribution < 1.29 is 0 Å². The first-order valence-corrected chi connectivity index (χ1v) is 9.33. The highest BCUT2D eigenvalue weighted by molar-refractivity contribution is 4.84. The SMILES string of the molecule is CC(C)C1CCN(CC2CCC(NC(C)(C)C)CC2)CC1. The van der Waals surface area contributed by atoms with E-state index in [2.05, 4.69) is 44.8 Å². The van der Waals surface area contributed by atoms with E-state index in [1.54, 1.807) is 0 Å². The van der Waals surface area contributed by atoms with Gasteiger partial charge in [0.05, 0.1) is 0 Å². The number of nitrogens with zero attached hydrogens (tertiary/aromatic N) is 1. The largest absolute Gasteiger partial charge is 0.309 e. The van der Waals surface area contributed by atoms with Crippen molar-refractivity contribution in [3.63, 3.8) is 0 Å². The highest BCUT2D eigenvalue weighted by Crippen LogP contribution is 2.29. The van der Waals surface area contributed by atoms with Crippen LogP contribution in [0.25, 0.3) is 0 Å². The number of likely N-dealkylation sites (tertiary alicyclic amines) is 1. The van der Waals surface area contributed by atoms with E-state index in [1.807, 2.05) is 0 Å². The quantitative estimate of drug-likeness (QED) is 0.831. The molecule has 0 aromatic heterocycles. The van der Waals surface area contributed by atoms with Gasteiger partial charge in [0.25, 0.3) is 0 Å². The Morgan fingerprint density at radius 2 is 1.52 bits per heavy atom. The molecule has 2 rings (SSSR count). The molecule has 0 spiro atoms. The zero-order valence-electron chi connectivity index (χ0n) is 15.1. The molecular weight excluding hydrogens is 256 g/mol. The van der Waals surface area contributed by atoms with E-state index < -0.39 is 0 Å². The molecule has 0 unspecified atom stereocenters. The number of hydrogen-bond donors (Lipinski definition) is 1. The lowest BCUT2D eigenvalue weighted by Crippen LogP contribution is -2.46. The fraction of sp³-hybridized carbons (Fsp3) is 1.00. The van der Waals surface area contributed by atoms with Crippen molar-refractivity contribution in [2.24, 2.45) is 17.8 Å². The van der Waals surface area contributed by atoms with Gasteiger partial charge in [0.15, 0.2) is 0 Å².